The predicted molar refractivity (Wildman–Crippen MR) is 92.3 cm³/mol. The van der Waals surface area contributed by atoms with Crippen LogP contribution in [0.3, 0.4) is 0 Å². The number of aliphatic carboxylic acids is 2. The molecule has 0 aliphatic rings. The minimum atomic E-state index is -0.706. The molecule has 118 valence electrons. The van der Waals surface area contributed by atoms with Crippen LogP contribution in [0.2, 0.25) is 0 Å². The summed E-state index contributed by atoms with van der Waals surface area (Å²) < 4.78 is 0. The molecule has 2 N–H and O–H groups in total. The van der Waals surface area contributed by atoms with Crippen molar-refractivity contribution in [2.24, 2.45) is 0 Å². The van der Waals surface area contributed by atoms with E-state index in [4.69, 9.17) is 10.2 Å². The first-order valence-electron chi connectivity index (χ1n) is 6.64. The van der Waals surface area contributed by atoms with Crippen LogP contribution in [0.25, 0.3) is 0 Å². The van der Waals surface area contributed by atoms with Crippen LogP contribution in [-0.2, 0) is 9.59 Å². The Hall–Kier alpha value is 0.340. The number of carbonyl (C=O) groups is 2. The quantitative estimate of drug-likeness (QED) is 0.314. The van der Waals surface area contributed by atoms with Gasteiger partial charge in [-0.15, -0.1) is 0 Å². The van der Waals surface area contributed by atoms with E-state index in [0.29, 0.717) is 0 Å². The fourth-order valence-corrected chi connectivity index (χ4v) is 7.60. The Morgan fingerprint density at radius 2 is 1.05 bits per heavy atom. The maximum absolute atomic E-state index is 10.3. The summed E-state index contributed by atoms with van der Waals surface area (Å²) in [6, 6.07) is 0. The average molecular weight is 359 g/mol. The van der Waals surface area contributed by atoms with Crippen LogP contribution in [0.4, 0.5) is 0 Å². The second kappa shape index (κ2) is 15.7. The van der Waals surface area contributed by atoms with E-state index in [9.17, 15) is 9.59 Å². The molecule has 0 amide bonds. The van der Waals surface area contributed by atoms with Crippen molar-refractivity contribution in [1.29, 1.82) is 0 Å². The molecular weight excluding hydrogens is 336 g/mol. The monoisotopic (exact) mass is 358 g/mol. The highest BCUT2D eigenvalue weighted by Gasteiger charge is 1.99. The minimum Gasteiger partial charge on any atom is -0.481 e. The number of rotatable bonds is 15. The Kier molecular flexibility index (Phi) is 16.0. The SMILES string of the molecule is O=C(O)CCCCCSSSSCCCCCC(=O)O. The van der Waals surface area contributed by atoms with Crippen molar-refractivity contribution in [3.05, 3.63) is 0 Å². The summed E-state index contributed by atoms with van der Waals surface area (Å²) in [5, 5.41) is 16.9. The third-order valence-corrected chi connectivity index (χ3v) is 9.00. The molecule has 0 atom stereocenters. The van der Waals surface area contributed by atoms with Crippen LogP contribution < -0.4 is 0 Å². The molecule has 0 aromatic heterocycles. The number of hydrogen-bond donors (Lipinski definition) is 2. The lowest BCUT2D eigenvalue weighted by Gasteiger charge is -2.01. The van der Waals surface area contributed by atoms with Crippen LogP contribution in [0.1, 0.15) is 51.4 Å². The van der Waals surface area contributed by atoms with Gasteiger partial charge in [-0.3, -0.25) is 9.59 Å². The first kappa shape index (κ1) is 20.3. The van der Waals surface area contributed by atoms with Gasteiger partial charge in [0.1, 0.15) is 0 Å². The molecule has 0 spiro atoms. The first-order valence-corrected chi connectivity index (χ1v) is 11.8. The van der Waals surface area contributed by atoms with Gasteiger partial charge in [-0.05, 0) is 45.3 Å². The number of carboxylic acid groups (broad SMARTS) is 2. The van der Waals surface area contributed by atoms with E-state index in [1.807, 2.05) is 21.6 Å². The van der Waals surface area contributed by atoms with Gasteiger partial charge in [0, 0.05) is 24.3 Å². The summed E-state index contributed by atoms with van der Waals surface area (Å²) in [5.41, 5.74) is 0. The lowest BCUT2D eigenvalue weighted by atomic mass is 10.2. The topological polar surface area (TPSA) is 74.6 Å². The van der Waals surface area contributed by atoms with Crippen molar-refractivity contribution in [2.45, 2.75) is 51.4 Å². The maximum Gasteiger partial charge on any atom is 0.303 e. The Labute approximate surface area is 135 Å². The zero-order valence-electron chi connectivity index (χ0n) is 11.4. The molecule has 0 fully saturated rings. The molecule has 0 aliphatic heterocycles. The molecule has 0 radical (unpaired) electrons. The van der Waals surface area contributed by atoms with E-state index < -0.39 is 11.9 Å². The van der Waals surface area contributed by atoms with Crippen molar-refractivity contribution < 1.29 is 19.8 Å². The van der Waals surface area contributed by atoms with Crippen molar-refractivity contribution >= 4 is 53.2 Å². The van der Waals surface area contributed by atoms with Gasteiger partial charge in [0.25, 0.3) is 0 Å². The summed E-state index contributed by atoms with van der Waals surface area (Å²) in [5.74, 6) is 0.720. The van der Waals surface area contributed by atoms with Gasteiger partial charge in [-0.2, -0.15) is 0 Å². The second-order valence-corrected chi connectivity index (χ2v) is 10.4. The van der Waals surface area contributed by atoms with Gasteiger partial charge >= 0.3 is 11.9 Å². The molecule has 0 saturated heterocycles. The molecule has 0 saturated carbocycles. The third kappa shape index (κ3) is 18.3. The molecule has 4 nitrogen and oxygen atoms in total. The molecule has 0 aromatic carbocycles. The normalized spacial score (nSPS) is 10.6. The molecular formula is C12H22O4S4. The Morgan fingerprint density at radius 3 is 1.40 bits per heavy atom. The van der Waals surface area contributed by atoms with Crippen molar-refractivity contribution in [3.8, 4) is 0 Å². The fraction of sp³-hybridized carbons (Fsp3) is 0.833. The van der Waals surface area contributed by atoms with Gasteiger partial charge in [-0.25, -0.2) is 0 Å². The molecule has 0 aliphatic carbocycles. The number of unbranched alkanes of at least 4 members (excludes halogenated alkanes) is 4. The van der Waals surface area contributed by atoms with Crippen LogP contribution in [0.5, 0.6) is 0 Å². The third-order valence-electron chi connectivity index (χ3n) is 2.36. The van der Waals surface area contributed by atoms with E-state index in [1.165, 1.54) is 0 Å². The highest BCUT2D eigenvalue weighted by Crippen LogP contribution is 2.43. The summed E-state index contributed by atoms with van der Waals surface area (Å²) in [6.07, 6.45) is 6.24. The lowest BCUT2D eigenvalue weighted by Crippen LogP contribution is -1.93. The second-order valence-electron chi connectivity index (χ2n) is 4.19. The van der Waals surface area contributed by atoms with E-state index in [1.54, 1.807) is 19.7 Å². The summed E-state index contributed by atoms with van der Waals surface area (Å²) in [6.45, 7) is 0. The van der Waals surface area contributed by atoms with Gasteiger partial charge < -0.3 is 10.2 Å². The molecule has 20 heavy (non-hydrogen) atoms. The van der Waals surface area contributed by atoms with Crippen LogP contribution in [0, 0.1) is 0 Å². The highest BCUT2D eigenvalue weighted by atomic mass is 33.7. The van der Waals surface area contributed by atoms with Gasteiger partial charge in [0.05, 0.1) is 0 Å². The zero-order chi connectivity index (χ0) is 15.1. The van der Waals surface area contributed by atoms with Crippen LogP contribution in [0.15, 0.2) is 0 Å². The smallest absolute Gasteiger partial charge is 0.303 e. The summed E-state index contributed by atoms with van der Waals surface area (Å²) in [4.78, 5) is 20.6. The maximum atomic E-state index is 10.3. The molecule has 0 unspecified atom stereocenters. The Balaban J connectivity index is 2.99. The molecule has 0 aromatic rings. The van der Waals surface area contributed by atoms with Gasteiger partial charge in [0.2, 0.25) is 0 Å². The lowest BCUT2D eigenvalue weighted by molar-refractivity contribution is -0.138. The fourth-order valence-electron chi connectivity index (χ4n) is 1.34. The van der Waals surface area contributed by atoms with E-state index in [-0.39, 0.29) is 12.8 Å². The zero-order valence-corrected chi connectivity index (χ0v) is 14.7. The van der Waals surface area contributed by atoms with Crippen molar-refractivity contribution in [1.82, 2.24) is 0 Å². The number of carboxylic acids is 2. The number of hydrogen-bond acceptors (Lipinski definition) is 6. The largest absolute Gasteiger partial charge is 0.481 e. The minimum absolute atomic E-state index is 0.282. The summed E-state index contributed by atoms with van der Waals surface area (Å²) in [7, 11) is 7.18. The van der Waals surface area contributed by atoms with E-state index >= 15 is 0 Å². The van der Waals surface area contributed by atoms with Crippen LogP contribution >= 0.6 is 41.2 Å². The average Bonchev–Trinajstić information content (AvgIpc) is 2.38. The Morgan fingerprint density at radius 1 is 0.650 bits per heavy atom. The van der Waals surface area contributed by atoms with E-state index in [0.717, 1.165) is 50.0 Å². The summed E-state index contributed by atoms with van der Waals surface area (Å²) >= 11 is 0. The molecule has 8 heteroatoms. The van der Waals surface area contributed by atoms with Gasteiger partial charge in [0.15, 0.2) is 0 Å². The highest BCUT2D eigenvalue weighted by molar-refractivity contribution is 9.26. The van der Waals surface area contributed by atoms with Crippen LogP contribution in [-0.4, -0.2) is 33.7 Å². The first-order chi connectivity index (χ1) is 9.63. The molecule has 0 heterocycles. The standard InChI is InChI=1S/C12H22O4S4/c13-11(14)7-3-1-5-9-17-19-20-18-10-6-2-4-8-12(15)16/h1-10H2,(H,13,14)(H,15,16). The van der Waals surface area contributed by atoms with Gasteiger partial charge in [-0.1, -0.05) is 34.4 Å². The molecule has 0 bridgehead atoms. The predicted octanol–water partition coefficient (Wildman–Crippen LogP) is 4.95. The van der Waals surface area contributed by atoms with Crippen molar-refractivity contribution in [3.63, 3.8) is 0 Å². The van der Waals surface area contributed by atoms with Crippen molar-refractivity contribution in [2.75, 3.05) is 11.5 Å². The Bertz CT molecular complexity index is 238. The molecule has 0 rings (SSSR count). The van der Waals surface area contributed by atoms with E-state index in [2.05, 4.69) is 0 Å².